The molecule has 1 fully saturated rings. The lowest BCUT2D eigenvalue weighted by molar-refractivity contribution is 0.0380. The van der Waals surface area contributed by atoms with E-state index in [9.17, 15) is 5.11 Å². The van der Waals surface area contributed by atoms with Gasteiger partial charge in [-0.3, -0.25) is 0 Å². The van der Waals surface area contributed by atoms with Crippen LogP contribution in [0.1, 0.15) is 38.5 Å². The average Bonchev–Trinajstić information content (AvgIpc) is 2.95. The van der Waals surface area contributed by atoms with Gasteiger partial charge in [-0.15, -0.1) is 15.3 Å². The largest absolute Gasteiger partial charge is 0.388 e. The first-order valence-electron chi connectivity index (χ1n) is 8.98. The molecular weight excluding hydrogens is 314 g/mol. The van der Waals surface area contributed by atoms with Gasteiger partial charge in [-0.25, -0.2) is 0 Å². The number of fused-ring (bicyclic) bond motifs is 1. The van der Waals surface area contributed by atoms with Crippen LogP contribution in [0.2, 0.25) is 0 Å². The predicted octanol–water partition coefficient (Wildman–Crippen LogP) is 3.29. The summed E-state index contributed by atoms with van der Waals surface area (Å²) in [7, 11) is 0. The highest BCUT2D eigenvalue weighted by molar-refractivity contribution is 5.59. The van der Waals surface area contributed by atoms with Crippen molar-refractivity contribution in [2.45, 2.75) is 44.1 Å². The molecule has 4 rings (SSSR count). The summed E-state index contributed by atoms with van der Waals surface area (Å²) >= 11 is 0. The van der Waals surface area contributed by atoms with E-state index in [2.05, 4.69) is 20.6 Å². The first kappa shape index (κ1) is 16.0. The molecule has 6 heteroatoms. The van der Waals surface area contributed by atoms with Crippen LogP contribution < -0.4 is 5.32 Å². The summed E-state index contributed by atoms with van der Waals surface area (Å²) in [6.07, 6.45) is 6.32. The van der Waals surface area contributed by atoms with E-state index >= 15 is 0 Å². The minimum atomic E-state index is -0.636. The number of aliphatic hydroxyl groups is 1. The molecule has 0 aliphatic heterocycles. The molecule has 0 saturated heterocycles. The third kappa shape index (κ3) is 3.49. The molecule has 0 radical (unpaired) electrons. The maximum atomic E-state index is 10.8. The number of hydrogen-bond acceptors (Lipinski definition) is 5. The SMILES string of the molecule is OC1(CNc2ccc3nnc(-c4ccccc4)n3n2)CCCCCC1. The molecule has 2 heterocycles. The van der Waals surface area contributed by atoms with Crippen molar-refractivity contribution in [2.24, 2.45) is 0 Å². The smallest absolute Gasteiger partial charge is 0.185 e. The van der Waals surface area contributed by atoms with Crippen LogP contribution in [0.3, 0.4) is 0 Å². The zero-order valence-electron chi connectivity index (χ0n) is 14.2. The molecule has 6 nitrogen and oxygen atoms in total. The lowest BCUT2D eigenvalue weighted by Gasteiger charge is -2.27. The summed E-state index contributed by atoms with van der Waals surface area (Å²) in [5, 5.41) is 27.2. The normalized spacial score (nSPS) is 17.3. The minimum absolute atomic E-state index is 0.522. The number of nitrogens with one attached hydrogen (secondary N) is 1. The molecule has 2 N–H and O–H groups in total. The standard InChI is InChI=1S/C19H23N5O/c25-19(12-6-1-2-7-13-19)14-20-16-10-11-17-21-22-18(24(17)23-16)15-8-4-3-5-9-15/h3-5,8-11,25H,1-2,6-7,12-14H2,(H,20,23). The third-order valence-electron chi connectivity index (χ3n) is 4.93. The lowest BCUT2D eigenvalue weighted by atomic mass is 9.94. The Labute approximate surface area is 146 Å². The molecule has 130 valence electrons. The Balaban J connectivity index is 1.56. The fourth-order valence-corrected chi connectivity index (χ4v) is 3.47. The van der Waals surface area contributed by atoms with E-state index in [1.807, 2.05) is 42.5 Å². The quantitative estimate of drug-likeness (QED) is 0.715. The van der Waals surface area contributed by atoms with Crippen molar-refractivity contribution < 1.29 is 5.11 Å². The molecule has 1 saturated carbocycles. The van der Waals surface area contributed by atoms with Crippen molar-refractivity contribution in [3.05, 3.63) is 42.5 Å². The number of rotatable bonds is 4. The second-order valence-corrected chi connectivity index (χ2v) is 6.87. The summed E-state index contributed by atoms with van der Waals surface area (Å²) in [6.45, 7) is 0.522. The molecule has 3 aromatic rings. The zero-order valence-corrected chi connectivity index (χ0v) is 14.2. The van der Waals surface area contributed by atoms with E-state index in [-0.39, 0.29) is 0 Å². The number of hydrogen-bond donors (Lipinski definition) is 2. The van der Waals surface area contributed by atoms with Crippen LogP contribution in [0.25, 0.3) is 17.0 Å². The molecule has 1 aliphatic carbocycles. The first-order valence-corrected chi connectivity index (χ1v) is 8.98. The summed E-state index contributed by atoms with van der Waals surface area (Å²) in [6, 6.07) is 13.7. The molecule has 0 bridgehead atoms. The predicted molar refractivity (Wildman–Crippen MR) is 97.4 cm³/mol. The van der Waals surface area contributed by atoms with Gasteiger partial charge in [0.25, 0.3) is 0 Å². The monoisotopic (exact) mass is 337 g/mol. The number of nitrogens with zero attached hydrogens (tertiary/aromatic N) is 4. The molecule has 1 aromatic carbocycles. The van der Waals surface area contributed by atoms with Gasteiger partial charge in [0, 0.05) is 12.1 Å². The molecule has 25 heavy (non-hydrogen) atoms. The van der Waals surface area contributed by atoms with Crippen LogP contribution in [0.4, 0.5) is 5.82 Å². The Kier molecular flexibility index (Phi) is 4.36. The number of aromatic nitrogens is 4. The highest BCUT2D eigenvalue weighted by Gasteiger charge is 2.27. The molecule has 0 amide bonds. The Hall–Kier alpha value is -2.47. The Morgan fingerprint density at radius 2 is 1.72 bits per heavy atom. The first-order chi connectivity index (χ1) is 12.2. The van der Waals surface area contributed by atoms with Crippen LogP contribution in [0, 0.1) is 0 Å². The Morgan fingerprint density at radius 1 is 0.960 bits per heavy atom. The summed E-state index contributed by atoms with van der Waals surface area (Å²) in [4.78, 5) is 0. The van der Waals surface area contributed by atoms with Gasteiger partial charge in [0.05, 0.1) is 5.60 Å². The van der Waals surface area contributed by atoms with Crippen molar-refractivity contribution >= 4 is 11.5 Å². The molecule has 2 aromatic heterocycles. The van der Waals surface area contributed by atoms with Crippen molar-refractivity contribution in [2.75, 3.05) is 11.9 Å². The molecule has 0 atom stereocenters. The van der Waals surface area contributed by atoms with Crippen LogP contribution in [0.15, 0.2) is 42.5 Å². The summed E-state index contributed by atoms with van der Waals surface area (Å²) in [5.41, 5.74) is 1.04. The van der Waals surface area contributed by atoms with Gasteiger partial charge in [0.2, 0.25) is 0 Å². The topological polar surface area (TPSA) is 75.3 Å². The van der Waals surface area contributed by atoms with Gasteiger partial charge < -0.3 is 10.4 Å². The Morgan fingerprint density at radius 3 is 2.48 bits per heavy atom. The molecule has 1 aliphatic rings. The average molecular weight is 337 g/mol. The fraction of sp³-hybridized carbons (Fsp3) is 0.421. The number of benzene rings is 1. The van der Waals surface area contributed by atoms with Crippen molar-refractivity contribution in [1.82, 2.24) is 19.8 Å². The Bertz CT molecular complexity index is 837. The van der Waals surface area contributed by atoms with Crippen LogP contribution in [-0.4, -0.2) is 37.1 Å². The maximum absolute atomic E-state index is 10.8. The zero-order chi connectivity index (χ0) is 17.1. The van der Waals surface area contributed by atoms with Crippen molar-refractivity contribution in [1.29, 1.82) is 0 Å². The van der Waals surface area contributed by atoms with E-state index in [0.717, 1.165) is 37.1 Å². The summed E-state index contributed by atoms with van der Waals surface area (Å²) in [5.74, 6) is 1.44. The summed E-state index contributed by atoms with van der Waals surface area (Å²) < 4.78 is 1.74. The van der Waals surface area contributed by atoms with Crippen LogP contribution in [0.5, 0.6) is 0 Å². The van der Waals surface area contributed by atoms with E-state index in [1.165, 1.54) is 12.8 Å². The van der Waals surface area contributed by atoms with Gasteiger partial charge in [-0.2, -0.15) is 4.52 Å². The lowest BCUT2D eigenvalue weighted by Crippen LogP contribution is -2.36. The van der Waals surface area contributed by atoms with Crippen LogP contribution in [-0.2, 0) is 0 Å². The molecule has 0 unspecified atom stereocenters. The van der Waals surface area contributed by atoms with E-state index in [4.69, 9.17) is 0 Å². The number of anilines is 1. The second kappa shape index (κ2) is 6.80. The minimum Gasteiger partial charge on any atom is -0.388 e. The van der Waals surface area contributed by atoms with Crippen LogP contribution >= 0.6 is 0 Å². The van der Waals surface area contributed by atoms with Crippen molar-refractivity contribution in [3.8, 4) is 11.4 Å². The maximum Gasteiger partial charge on any atom is 0.185 e. The fourth-order valence-electron chi connectivity index (χ4n) is 3.47. The third-order valence-corrected chi connectivity index (χ3v) is 4.93. The van der Waals surface area contributed by atoms with Gasteiger partial charge in [-0.1, -0.05) is 56.0 Å². The van der Waals surface area contributed by atoms with E-state index < -0.39 is 5.60 Å². The van der Waals surface area contributed by atoms with E-state index in [1.54, 1.807) is 4.52 Å². The highest BCUT2D eigenvalue weighted by atomic mass is 16.3. The van der Waals surface area contributed by atoms with Gasteiger partial charge >= 0.3 is 0 Å². The second-order valence-electron chi connectivity index (χ2n) is 6.87. The van der Waals surface area contributed by atoms with Gasteiger partial charge in [-0.05, 0) is 25.0 Å². The van der Waals surface area contributed by atoms with Gasteiger partial charge in [0.1, 0.15) is 5.82 Å². The van der Waals surface area contributed by atoms with E-state index in [0.29, 0.717) is 18.0 Å². The molecule has 0 spiro atoms. The van der Waals surface area contributed by atoms with Gasteiger partial charge in [0.15, 0.2) is 11.5 Å². The molecular formula is C19H23N5O. The van der Waals surface area contributed by atoms with Crippen molar-refractivity contribution in [3.63, 3.8) is 0 Å². The highest BCUT2D eigenvalue weighted by Crippen LogP contribution is 2.27.